The molecule has 4 rings (SSSR count). The second-order valence-electron chi connectivity index (χ2n) is 9.72. The Kier molecular flexibility index (Phi) is 11.4. The highest BCUT2D eigenvalue weighted by Crippen LogP contribution is 2.30. The quantitative estimate of drug-likeness (QED) is 0.0986. The van der Waals surface area contributed by atoms with Crippen LogP contribution < -0.4 is 25.4 Å². The summed E-state index contributed by atoms with van der Waals surface area (Å²) >= 11 is 7.37. The maximum Gasteiger partial charge on any atom is 0.335 e. The Morgan fingerprint density at radius 2 is 1.61 bits per heavy atom. The average molecular weight is 660 g/mol. The van der Waals surface area contributed by atoms with Crippen LogP contribution in [0.2, 0.25) is 5.02 Å². The van der Waals surface area contributed by atoms with Gasteiger partial charge in [-0.15, -0.1) is 11.8 Å². The van der Waals surface area contributed by atoms with Crippen LogP contribution in [0.25, 0.3) is 6.08 Å². The fourth-order valence-electron chi connectivity index (χ4n) is 4.13. The standard InChI is InChI=1S/C34H30ClN3O7S/c1-20(31(39)37-28-17-23(34(42)43)13-15-27(28)35)46-26-11-7-10-24(18-26)36-33(41)29(38-32(40)21-8-5-4-6-9-21)16-22-12-14-25(44-2)19-30(22)45-3/h4-20H,1-3H3,(H,36,41)(H,37,39)(H,38,40)(H,42,43)/b29-16+. The van der Waals surface area contributed by atoms with Crippen molar-refractivity contribution >= 4 is 64.5 Å². The van der Waals surface area contributed by atoms with Gasteiger partial charge in [0.1, 0.15) is 17.2 Å². The van der Waals surface area contributed by atoms with E-state index in [-0.39, 0.29) is 22.0 Å². The first-order valence-electron chi connectivity index (χ1n) is 13.8. The van der Waals surface area contributed by atoms with Crippen LogP contribution in [0.1, 0.15) is 33.2 Å². The minimum absolute atomic E-state index is 0.0118. The van der Waals surface area contributed by atoms with Crippen molar-refractivity contribution in [2.45, 2.75) is 17.1 Å². The molecule has 0 radical (unpaired) electrons. The molecule has 1 atom stereocenters. The van der Waals surface area contributed by atoms with Crippen molar-refractivity contribution in [3.05, 3.63) is 118 Å². The molecule has 0 bridgehead atoms. The van der Waals surface area contributed by atoms with E-state index in [2.05, 4.69) is 16.0 Å². The van der Waals surface area contributed by atoms with E-state index in [1.165, 1.54) is 50.3 Å². The predicted molar refractivity (Wildman–Crippen MR) is 179 cm³/mol. The van der Waals surface area contributed by atoms with Crippen LogP contribution >= 0.6 is 23.4 Å². The fourth-order valence-corrected chi connectivity index (χ4v) is 5.22. The Balaban J connectivity index is 1.53. The third kappa shape index (κ3) is 8.90. The van der Waals surface area contributed by atoms with Crippen molar-refractivity contribution in [2.24, 2.45) is 0 Å². The molecular formula is C34H30ClN3O7S. The molecule has 0 aliphatic heterocycles. The number of nitrogens with one attached hydrogen (secondary N) is 3. The van der Waals surface area contributed by atoms with E-state index in [1.54, 1.807) is 79.7 Å². The van der Waals surface area contributed by atoms with Gasteiger partial charge in [-0.25, -0.2) is 4.79 Å². The molecule has 236 valence electrons. The minimum atomic E-state index is -1.14. The summed E-state index contributed by atoms with van der Waals surface area (Å²) < 4.78 is 10.7. The van der Waals surface area contributed by atoms with Crippen LogP contribution in [0, 0.1) is 0 Å². The largest absolute Gasteiger partial charge is 0.497 e. The fraction of sp³-hybridized carbons (Fsp3) is 0.118. The number of anilines is 2. The number of rotatable bonds is 12. The number of methoxy groups -OCH3 is 2. The molecular weight excluding hydrogens is 630 g/mol. The number of carbonyl (C=O) groups excluding carboxylic acids is 3. The number of hydrogen-bond donors (Lipinski definition) is 4. The zero-order chi connectivity index (χ0) is 33.2. The molecule has 4 aromatic rings. The molecule has 4 N–H and O–H groups in total. The molecule has 46 heavy (non-hydrogen) atoms. The van der Waals surface area contributed by atoms with Crippen molar-refractivity contribution < 1.29 is 33.8 Å². The summed E-state index contributed by atoms with van der Waals surface area (Å²) in [6, 6.07) is 24.5. The highest BCUT2D eigenvalue weighted by Gasteiger charge is 2.19. The number of ether oxygens (including phenoxy) is 2. The van der Waals surface area contributed by atoms with Crippen LogP contribution in [0.3, 0.4) is 0 Å². The third-order valence-corrected chi connectivity index (χ3v) is 7.94. The van der Waals surface area contributed by atoms with E-state index in [0.29, 0.717) is 33.2 Å². The lowest BCUT2D eigenvalue weighted by Crippen LogP contribution is -2.30. The van der Waals surface area contributed by atoms with E-state index in [0.717, 1.165) is 0 Å². The molecule has 0 spiro atoms. The van der Waals surface area contributed by atoms with Crippen LogP contribution in [0.4, 0.5) is 11.4 Å². The molecule has 0 aliphatic carbocycles. The summed E-state index contributed by atoms with van der Waals surface area (Å²) in [5.41, 5.74) is 1.45. The topological polar surface area (TPSA) is 143 Å². The molecule has 1 unspecified atom stereocenters. The molecule has 0 aromatic heterocycles. The van der Waals surface area contributed by atoms with Gasteiger partial charge in [0.05, 0.1) is 35.7 Å². The van der Waals surface area contributed by atoms with Crippen LogP contribution in [-0.4, -0.2) is 48.3 Å². The number of carbonyl (C=O) groups is 4. The molecule has 0 heterocycles. The molecule has 12 heteroatoms. The lowest BCUT2D eigenvalue weighted by Gasteiger charge is -2.15. The van der Waals surface area contributed by atoms with Gasteiger partial charge in [-0.3, -0.25) is 14.4 Å². The van der Waals surface area contributed by atoms with E-state index in [4.69, 9.17) is 21.1 Å². The Hall–Kier alpha value is -5.26. The summed E-state index contributed by atoms with van der Waals surface area (Å²) in [7, 11) is 3.01. The average Bonchev–Trinajstić information content (AvgIpc) is 3.05. The Labute approximate surface area is 274 Å². The molecule has 3 amide bonds. The number of amides is 3. The van der Waals surface area contributed by atoms with Gasteiger partial charge in [0.15, 0.2) is 0 Å². The van der Waals surface area contributed by atoms with Crippen molar-refractivity contribution in [3.63, 3.8) is 0 Å². The zero-order valence-electron chi connectivity index (χ0n) is 25.0. The number of carboxylic acids is 1. The molecule has 0 saturated heterocycles. The van der Waals surface area contributed by atoms with Crippen LogP contribution in [-0.2, 0) is 9.59 Å². The summed E-state index contributed by atoms with van der Waals surface area (Å²) in [6.45, 7) is 1.68. The number of benzene rings is 4. The molecule has 10 nitrogen and oxygen atoms in total. The predicted octanol–water partition coefficient (Wildman–Crippen LogP) is 6.58. The first kappa shape index (κ1) is 33.6. The number of carboxylic acid groups (broad SMARTS) is 1. The number of thioether (sulfide) groups is 1. The lowest BCUT2D eigenvalue weighted by molar-refractivity contribution is -0.115. The van der Waals surface area contributed by atoms with Gasteiger partial charge >= 0.3 is 5.97 Å². The normalized spacial score (nSPS) is 11.6. The van der Waals surface area contributed by atoms with E-state index in [1.807, 2.05) is 0 Å². The van der Waals surface area contributed by atoms with Crippen molar-refractivity contribution in [2.75, 3.05) is 24.9 Å². The van der Waals surface area contributed by atoms with E-state index in [9.17, 15) is 24.3 Å². The van der Waals surface area contributed by atoms with Gasteiger partial charge in [-0.05, 0) is 73.7 Å². The summed E-state index contributed by atoms with van der Waals surface area (Å²) in [5.74, 6) is -1.63. The van der Waals surface area contributed by atoms with Gasteiger partial charge in [0.2, 0.25) is 5.91 Å². The smallest absolute Gasteiger partial charge is 0.335 e. The SMILES string of the molecule is COc1ccc(/C=C(/NC(=O)c2ccccc2)C(=O)Nc2cccc(SC(C)C(=O)Nc3cc(C(=O)O)ccc3Cl)c2)c(OC)c1. The Morgan fingerprint density at radius 1 is 0.848 bits per heavy atom. The van der Waals surface area contributed by atoms with Gasteiger partial charge in [-0.2, -0.15) is 0 Å². The zero-order valence-corrected chi connectivity index (χ0v) is 26.6. The van der Waals surface area contributed by atoms with Gasteiger partial charge in [0, 0.05) is 27.8 Å². The first-order chi connectivity index (χ1) is 22.1. The van der Waals surface area contributed by atoms with Gasteiger partial charge in [0.25, 0.3) is 11.8 Å². The maximum atomic E-state index is 13.6. The summed E-state index contributed by atoms with van der Waals surface area (Å²) in [4.78, 5) is 51.5. The van der Waals surface area contributed by atoms with Gasteiger partial charge < -0.3 is 30.5 Å². The molecule has 0 saturated carbocycles. The maximum absolute atomic E-state index is 13.6. The summed E-state index contributed by atoms with van der Waals surface area (Å²) in [6.07, 6.45) is 1.50. The Bertz CT molecular complexity index is 1800. The second kappa shape index (κ2) is 15.6. The van der Waals surface area contributed by atoms with E-state index >= 15 is 0 Å². The second-order valence-corrected chi connectivity index (χ2v) is 11.5. The van der Waals surface area contributed by atoms with E-state index < -0.39 is 28.9 Å². The number of halogens is 1. The van der Waals surface area contributed by atoms with Crippen molar-refractivity contribution in [1.29, 1.82) is 0 Å². The molecule has 4 aromatic carbocycles. The monoisotopic (exact) mass is 659 g/mol. The van der Waals surface area contributed by atoms with Gasteiger partial charge in [-0.1, -0.05) is 35.9 Å². The van der Waals surface area contributed by atoms with Crippen molar-refractivity contribution in [1.82, 2.24) is 5.32 Å². The minimum Gasteiger partial charge on any atom is -0.497 e. The molecule has 0 aliphatic rings. The summed E-state index contributed by atoms with van der Waals surface area (Å²) in [5, 5.41) is 17.0. The van der Waals surface area contributed by atoms with Crippen LogP contribution in [0.15, 0.2) is 102 Å². The third-order valence-electron chi connectivity index (χ3n) is 6.51. The highest BCUT2D eigenvalue weighted by molar-refractivity contribution is 8.00. The lowest BCUT2D eigenvalue weighted by atomic mass is 10.1. The van der Waals surface area contributed by atoms with Crippen LogP contribution in [0.5, 0.6) is 11.5 Å². The number of hydrogen-bond acceptors (Lipinski definition) is 7. The number of aromatic carboxylic acids is 1. The first-order valence-corrected chi connectivity index (χ1v) is 15.1. The van der Waals surface area contributed by atoms with Crippen molar-refractivity contribution in [3.8, 4) is 11.5 Å². The molecule has 0 fully saturated rings. The Morgan fingerprint density at radius 3 is 2.30 bits per heavy atom. The highest BCUT2D eigenvalue weighted by atomic mass is 35.5.